The van der Waals surface area contributed by atoms with Crippen LogP contribution in [0.1, 0.15) is 34.1 Å². The molecule has 0 spiro atoms. The van der Waals surface area contributed by atoms with E-state index in [9.17, 15) is 8.42 Å². The summed E-state index contributed by atoms with van der Waals surface area (Å²) in [4.78, 5) is 0. The molecule has 3 nitrogen and oxygen atoms in total. The van der Waals surface area contributed by atoms with E-state index in [2.05, 4.69) is 13.2 Å². The van der Waals surface area contributed by atoms with Crippen LogP contribution >= 0.6 is 0 Å². The van der Waals surface area contributed by atoms with Gasteiger partial charge in [0.15, 0.2) is 0 Å². The van der Waals surface area contributed by atoms with Crippen LogP contribution in [0.15, 0.2) is 36.3 Å². The fourth-order valence-corrected chi connectivity index (χ4v) is 1.88. The maximum atomic E-state index is 11.4. The molecule has 1 atom stereocenters. The van der Waals surface area contributed by atoms with Crippen molar-refractivity contribution < 1.29 is 12.6 Å². The third kappa shape index (κ3) is 6.44. The average molecular weight is 258 g/mol. The Bertz CT molecular complexity index is 397. The Morgan fingerprint density at radius 2 is 1.88 bits per heavy atom. The molecule has 17 heavy (non-hydrogen) atoms. The van der Waals surface area contributed by atoms with E-state index in [1.165, 1.54) is 0 Å². The molecule has 0 rings (SSSR count). The number of allylic oxidation sites excluding steroid dienone is 2. The topological polar surface area (TPSA) is 43.4 Å². The zero-order valence-electron chi connectivity index (χ0n) is 11.1. The van der Waals surface area contributed by atoms with Crippen LogP contribution in [0.2, 0.25) is 0 Å². The van der Waals surface area contributed by atoms with Gasteiger partial charge in [0.2, 0.25) is 0 Å². The summed E-state index contributed by atoms with van der Waals surface area (Å²) in [6.07, 6.45) is 3.75. The van der Waals surface area contributed by atoms with Gasteiger partial charge >= 0.3 is 0 Å². The second-order valence-corrected chi connectivity index (χ2v) is 6.51. The fraction of sp³-hybridized carbons (Fsp3) is 0.538. The van der Waals surface area contributed by atoms with E-state index >= 15 is 0 Å². The summed E-state index contributed by atoms with van der Waals surface area (Å²) in [5.74, 6) is 0. The molecule has 0 fully saturated rings. The molecule has 0 saturated carbocycles. The van der Waals surface area contributed by atoms with Gasteiger partial charge in [-0.2, -0.15) is 8.42 Å². The average Bonchev–Trinajstić information content (AvgIpc) is 2.22. The first-order chi connectivity index (χ1) is 7.62. The summed E-state index contributed by atoms with van der Waals surface area (Å²) in [6.45, 7) is 14.6. The lowest BCUT2D eigenvalue weighted by Gasteiger charge is -2.28. The number of rotatable bonds is 6. The van der Waals surface area contributed by atoms with Crippen molar-refractivity contribution in [2.24, 2.45) is 5.41 Å². The largest absolute Gasteiger partial charge is 0.289 e. The molecule has 0 N–H and O–H groups in total. The molecule has 0 aliphatic rings. The highest BCUT2D eigenvalue weighted by Crippen LogP contribution is 2.27. The second kappa shape index (κ2) is 6.17. The van der Waals surface area contributed by atoms with E-state index in [1.54, 1.807) is 6.08 Å². The third-order valence-corrected chi connectivity index (χ3v) is 3.31. The molecule has 0 radical (unpaired) electrons. The van der Waals surface area contributed by atoms with Crippen molar-refractivity contribution in [1.29, 1.82) is 0 Å². The first kappa shape index (κ1) is 16.1. The van der Waals surface area contributed by atoms with Crippen molar-refractivity contribution >= 4 is 10.1 Å². The van der Waals surface area contributed by atoms with E-state index in [0.29, 0.717) is 6.42 Å². The lowest BCUT2D eigenvalue weighted by molar-refractivity contribution is 0.0976. The summed E-state index contributed by atoms with van der Waals surface area (Å²) in [7, 11) is -3.65. The van der Waals surface area contributed by atoms with Gasteiger partial charge in [-0.3, -0.25) is 4.18 Å². The van der Waals surface area contributed by atoms with Gasteiger partial charge < -0.3 is 0 Å². The van der Waals surface area contributed by atoms with Crippen LogP contribution in [0.5, 0.6) is 0 Å². The molecule has 0 saturated heterocycles. The van der Waals surface area contributed by atoms with Gasteiger partial charge in [-0.1, -0.05) is 51.7 Å². The first-order valence-corrected chi connectivity index (χ1v) is 6.94. The van der Waals surface area contributed by atoms with Gasteiger partial charge in [-0.05, 0) is 18.8 Å². The van der Waals surface area contributed by atoms with Crippen LogP contribution in [-0.2, 0) is 14.3 Å². The van der Waals surface area contributed by atoms with Crippen molar-refractivity contribution in [2.45, 2.75) is 40.2 Å². The summed E-state index contributed by atoms with van der Waals surface area (Å²) >= 11 is 0. The van der Waals surface area contributed by atoms with E-state index < -0.39 is 16.2 Å². The summed E-state index contributed by atoms with van der Waals surface area (Å²) < 4.78 is 27.9. The van der Waals surface area contributed by atoms with Crippen molar-refractivity contribution in [3.05, 3.63) is 36.3 Å². The zero-order valence-corrected chi connectivity index (χ0v) is 11.9. The predicted octanol–water partition coefficient (Wildman–Crippen LogP) is 3.41. The number of hydrogen-bond acceptors (Lipinski definition) is 3. The van der Waals surface area contributed by atoms with Crippen LogP contribution in [0.4, 0.5) is 0 Å². The van der Waals surface area contributed by atoms with Gasteiger partial charge in [0.1, 0.15) is 0 Å². The smallest absolute Gasteiger partial charge is 0.263 e. The molecular formula is C13H22O3S. The Morgan fingerprint density at radius 3 is 2.24 bits per heavy atom. The lowest BCUT2D eigenvalue weighted by atomic mass is 9.87. The van der Waals surface area contributed by atoms with Crippen molar-refractivity contribution in [3.8, 4) is 0 Å². The summed E-state index contributed by atoms with van der Waals surface area (Å²) in [6, 6.07) is 0. The minimum Gasteiger partial charge on any atom is -0.263 e. The molecule has 0 aliphatic carbocycles. The monoisotopic (exact) mass is 258 g/mol. The Hall–Kier alpha value is -0.870. The SMILES string of the molecule is C=C/C(C)=C/CC(OS(=O)(=O)C=C)C(C)(C)C. The van der Waals surface area contributed by atoms with E-state index in [1.807, 2.05) is 33.8 Å². The van der Waals surface area contributed by atoms with Gasteiger partial charge in [0.05, 0.1) is 11.5 Å². The highest BCUT2D eigenvalue weighted by molar-refractivity contribution is 7.89. The third-order valence-electron chi connectivity index (χ3n) is 2.40. The van der Waals surface area contributed by atoms with Crippen LogP contribution in [0.3, 0.4) is 0 Å². The predicted molar refractivity (Wildman–Crippen MR) is 72.0 cm³/mol. The van der Waals surface area contributed by atoms with Gasteiger partial charge in [-0.15, -0.1) is 0 Å². The quantitative estimate of drug-likeness (QED) is 0.541. The highest BCUT2D eigenvalue weighted by atomic mass is 32.2. The second-order valence-electron chi connectivity index (χ2n) is 5.00. The van der Waals surface area contributed by atoms with Crippen molar-refractivity contribution in [3.63, 3.8) is 0 Å². The molecule has 4 heteroatoms. The maximum absolute atomic E-state index is 11.4. The molecule has 98 valence electrons. The van der Waals surface area contributed by atoms with Gasteiger partial charge in [0.25, 0.3) is 10.1 Å². The highest BCUT2D eigenvalue weighted by Gasteiger charge is 2.28. The van der Waals surface area contributed by atoms with Crippen LogP contribution < -0.4 is 0 Å². The minimum atomic E-state index is -3.65. The maximum Gasteiger partial charge on any atom is 0.289 e. The van der Waals surface area contributed by atoms with Crippen LogP contribution in [0.25, 0.3) is 0 Å². The Labute approximate surface area is 105 Å². The van der Waals surface area contributed by atoms with Crippen LogP contribution in [0, 0.1) is 5.41 Å². The van der Waals surface area contributed by atoms with Crippen molar-refractivity contribution in [2.75, 3.05) is 0 Å². The number of hydrogen-bond donors (Lipinski definition) is 0. The van der Waals surface area contributed by atoms with E-state index in [0.717, 1.165) is 11.0 Å². The first-order valence-electron chi connectivity index (χ1n) is 5.47. The minimum absolute atomic E-state index is 0.270. The van der Waals surface area contributed by atoms with Gasteiger partial charge in [0, 0.05) is 0 Å². The fourth-order valence-electron chi connectivity index (χ4n) is 1.11. The van der Waals surface area contributed by atoms with Crippen LogP contribution in [-0.4, -0.2) is 14.5 Å². The normalized spacial score (nSPS) is 15.4. The molecule has 0 aromatic heterocycles. The molecule has 0 bridgehead atoms. The van der Waals surface area contributed by atoms with Crippen molar-refractivity contribution in [1.82, 2.24) is 0 Å². The standard InChI is InChI=1S/C13H22O3S/c1-7-11(3)9-10-12(13(4,5)6)16-17(14,15)8-2/h7-9,12H,1-2,10H2,3-6H3/b11-9+. The molecular weight excluding hydrogens is 236 g/mol. The van der Waals surface area contributed by atoms with E-state index in [-0.39, 0.29) is 5.41 Å². The Kier molecular flexibility index (Phi) is 5.85. The van der Waals surface area contributed by atoms with E-state index in [4.69, 9.17) is 4.18 Å². The summed E-state index contributed by atoms with van der Waals surface area (Å²) in [5.41, 5.74) is 0.729. The lowest BCUT2D eigenvalue weighted by Crippen LogP contribution is -2.30. The Morgan fingerprint density at radius 1 is 1.35 bits per heavy atom. The zero-order chi connectivity index (χ0) is 13.7. The Balaban J connectivity index is 4.93. The summed E-state index contributed by atoms with van der Waals surface area (Å²) in [5, 5.41) is 0.829. The van der Waals surface area contributed by atoms with Gasteiger partial charge in [-0.25, -0.2) is 0 Å². The molecule has 0 aromatic carbocycles. The molecule has 0 amide bonds. The molecule has 1 unspecified atom stereocenters. The molecule has 0 heterocycles. The molecule has 0 aliphatic heterocycles. The molecule has 0 aromatic rings.